The molecule has 0 saturated heterocycles. The van der Waals surface area contributed by atoms with Gasteiger partial charge in [-0.15, -0.1) is 0 Å². The number of amides is 1. The van der Waals surface area contributed by atoms with Crippen LogP contribution in [0, 0.1) is 0 Å². The fraction of sp³-hybridized carbons (Fsp3) is 0.0800. The van der Waals surface area contributed by atoms with Gasteiger partial charge >= 0.3 is 0 Å². The topological polar surface area (TPSA) is 29.5 Å². The van der Waals surface area contributed by atoms with Crippen LogP contribution in [0.1, 0.15) is 18.1 Å². The molecule has 1 heterocycles. The summed E-state index contributed by atoms with van der Waals surface area (Å²) in [4.78, 5) is 15.1. The maximum absolute atomic E-state index is 13.4. The number of nitrogens with zero attached hydrogens (tertiary/aromatic N) is 1. The van der Waals surface area contributed by atoms with Gasteiger partial charge in [-0.1, -0.05) is 60.1 Å². The van der Waals surface area contributed by atoms with Crippen LogP contribution in [0.2, 0.25) is 5.02 Å². The van der Waals surface area contributed by atoms with Crippen molar-refractivity contribution in [2.75, 3.05) is 11.5 Å². The molecule has 0 fully saturated rings. The van der Waals surface area contributed by atoms with Crippen molar-refractivity contribution in [1.82, 2.24) is 0 Å². The number of carbonyl (C=O) groups excluding carboxylic acids is 1. The van der Waals surface area contributed by atoms with Gasteiger partial charge in [-0.25, -0.2) is 0 Å². The Balaban J connectivity index is 1.79. The first-order valence-corrected chi connectivity index (χ1v) is 9.85. The van der Waals surface area contributed by atoms with Gasteiger partial charge in [0.05, 0.1) is 18.0 Å². The van der Waals surface area contributed by atoms with Crippen LogP contribution < -0.4 is 9.64 Å². The fourth-order valence-corrected chi connectivity index (χ4v) is 3.44. The standard InChI is InChI=1S/C25H20ClNO2/c1-2-29-23-10-6-9-22(17-23)27-24(19-7-4-3-5-8-19)16-20(25(27)28)15-18-11-13-21(26)14-12-18/h3-17H,2H2,1H3/b20-15+. The molecule has 1 aliphatic rings. The molecule has 0 atom stereocenters. The molecule has 0 saturated carbocycles. The van der Waals surface area contributed by atoms with Crippen molar-refractivity contribution in [2.45, 2.75) is 6.92 Å². The molecule has 0 unspecified atom stereocenters. The number of hydrogen-bond donors (Lipinski definition) is 0. The zero-order chi connectivity index (χ0) is 20.2. The predicted octanol–water partition coefficient (Wildman–Crippen LogP) is 6.21. The maximum atomic E-state index is 13.4. The molecule has 1 aliphatic heterocycles. The number of ether oxygens (including phenoxy) is 1. The lowest BCUT2D eigenvalue weighted by Gasteiger charge is -2.21. The van der Waals surface area contributed by atoms with Gasteiger partial charge in [-0.2, -0.15) is 0 Å². The minimum atomic E-state index is -0.0764. The van der Waals surface area contributed by atoms with Crippen molar-refractivity contribution >= 4 is 35.0 Å². The molecular formula is C25H20ClNO2. The molecule has 1 amide bonds. The normalized spacial score (nSPS) is 15.0. The third kappa shape index (κ3) is 4.10. The number of rotatable bonds is 5. The average molecular weight is 402 g/mol. The van der Waals surface area contributed by atoms with Crippen molar-refractivity contribution in [2.24, 2.45) is 0 Å². The molecule has 4 heteroatoms. The molecule has 0 aromatic heterocycles. The summed E-state index contributed by atoms with van der Waals surface area (Å²) in [6, 6.07) is 24.9. The van der Waals surface area contributed by atoms with Crippen LogP contribution in [0.3, 0.4) is 0 Å². The Bertz CT molecular complexity index is 1090. The fourth-order valence-electron chi connectivity index (χ4n) is 3.31. The summed E-state index contributed by atoms with van der Waals surface area (Å²) in [7, 11) is 0. The Hall–Kier alpha value is -3.30. The zero-order valence-corrected chi connectivity index (χ0v) is 16.8. The molecule has 4 rings (SSSR count). The third-order valence-corrected chi connectivity index (χ3v) is 4.88. The quantitative estimate of drug-likeness (QED) is 0.475. The summed E-state index contributed by atoms with van der Waals surface area (Å²) in [5.74, 6) is 0.660. The number of halogens is 1. The third-order valence-electron chi connectivity index (χ3n) is 4.63. The number of carbonyl (C=O) groups is 1. The van der Waals surface area contributed by atoms with E-state index in [0.29, 0.717) is 17.2 Å². The lowest BCUT2D eigenvalue weighted by atomic mass is 10.1. The molecule has 144 valence electrons. The molecule has 0 N–H and O–H groups in total. The Kier molecular flexibility index (Phi) is 5.50. The predicted molar refractivity (Wildman–Crippen MR) is 119 cm³/mol. The van der Waals surface area contributed by atoms with E-state index in [1.807, 2.05) is 97.9 Å². The van der Waals surface area contributed by atoms with E-state index in [9.17, 15) is 4.79 Å². The summed E-state index contributed by atoms with van der Waals surface area (Å²) in [5.41, 5.74) is 4.13. The van der Waals surface area contributed by atoms with Gasteiger partial charge in [0, 0.05) is 16.7 Å². The molecule has 0 spiro atoms. The summed E-state index contributed by atoms with van der Waals surface area (Å²) in [6.07, 6.45) is 3.81. The first kappa shape index (κ1) is 19.0. The highest BCUT2D eigenvalue weighted by Gasteiger charge is 2.30. The second kappa shape index (κ2) is 8.38. The van der Waals surface area contributed by atoms with E-state index >= 15 is 0 Å². The highest BCUT2D eigenvalue weighted by molar-refractivity contribution is 6.30. The van der Waals surface area contributed by atoms with Gasteiger partial charge in [0.2, 0.25) is 0 Å². The molecule has 29 heavy (non-hydrogen) atoms. The van der Waals surface area contributed by atoms with Crippen LogP contribution in [0.5, 0.6) is 5.75 Å². The largest absolute Gasteiger partial charge is 0.494 e. The summed E-state index contributed by atoms with van der Waals surface area (Å²) in [6.45, 7) is 2.51. The lowest BCUT2D eigenvalue weighted by molar-refractivity contribution is -0.113. The van der Waals surface area contributed by atoms with Crippen LogP contribution in [0.15, 0.2) is 90.5 Å². The first-order chi connectivity index (χ1) is 14.2. The van der Waals surface area contributed by atoms with Gasteiger partial charge in [0.15, 0.2) is 0 Å². The lowest BCUT2D eigenvalue weighted by Crippen LogP contribution is -2.25. The second-order valence-corrected chi connectivity index (χ2v) is 7.05. The minimum absolute atomic E-state index is 0.0764. The molecular weight excluding hydrogens is 382 g/mol. The highest BCUT2D eigenvalue weighted by Crippen LogP contribution is 2.36. The van der Waals surface area contributed by atoms with Crippen molar-refractivity contribution in [1.29, 1.82) is 0 Å². The van der Waals surface area contributed by atoms with E-state index < -0.39 is 0 Å². The van der Waals surface area contributed by atoms with Crippen LogP contribution in [-0.2, 0) is 4.79 Å². The number of anilines is 1. The van der Waals surface area contributed by atoms with Gasteiger partial charge in [0.25, 0.3) is 5.91 Å². The van der Waals surface area contributed by atoms with Crippen LogP contribution in [0.25, 0.3) is 11.8 Å². The van der Waals surface area contributed by atoms with Crippen LogP contribution in [-0.4, -0.2) is 12.5 Å². The van der Waals surface area contributed by atoms with E-state index in [-0.39, 0.29) is 5.91 Å². The van der Waals surface area contributed by atoms with E-state index in [1.54, 1.807) is 4.90 Å². The molecule has 0 bridgehead atoms. The second-order valence-electron chi connectivity index (χ2n) is 6.62. The van der Waals surface area contributed by atoms with Gasteiger partial charge < -0.3 is 4.74 Å². The van der Waals surface area contributed by atoms with E-state index in [4.69, 9.17) is 16.3 Å². The number of benzene rings is 3. The van der Waals surface area contributed by atoms with E-state index in [2.05, 4.69) is 0 Å². The Labute approximate surface area is 175 Å². The van der Waals surface area contributed by atoms with Crippen molar-refractivity contribution in [3.8, 4) is 5.75 Å². The molecule has 0 aliphatic carbocycles. The van der Waals surface area contributed by atoms with Crippen molar-refractivity contribution < 1.29 is 9.53 Å². The monoisotopic (exact) mass is 401 g/mol. The first-order valence-electron chi connectivity index (χ1n) is 9.47. The summed E-state index contributed by atoms with van der Waals surface area (Å²) in [5, 5.41) is 0.666. The van der Waals surface area contributed by atoms with E-state index in [0.717, 1.165) is 28.3 Å². The minimum Gasteiger partial charge on any atom is -0.494 e. The zero-order valence-electron chi connectivity index (χ0n) is 16.0. The smallest absolute Gasteiger partial charge is 0.262 e. The highest BCUT2D eigenvalue weighted by atomic mass is 35.5. The SMILES string of the molecule is CCOc1cccc(N2C(=O)/C(=C/c3ccc(Cl)cc3)C=C2c2ccccc2)c1. The number of hydrogen-bond acceptors (Lipinski definition) is 2. The maximum Gasteiger partial charge on any atom is 0.262 e. The van der Waals surface area contributed by atoms with E-state index in [1.165, 1.54) is 0 Å². The molecule has 3 aromatic carbocycles. The molecule has 0 radical (unpaired) electrons. The van der Waals surface area contributed by atoms with Gasteiger partial charge in [-0.05, 0) is 54.5 Å². The summed E-state index contributed by atoms with van der Waals surface area (Å²) >= 11 is 5.98. The van der Waals surface area contributed by atoms with Gasteiger partial charge in [-0.3, -0.25) is 9.69 Å². The van der Waals surface area contributed by atoms with Crippen LogP contribution >= 0.6 is 11.6 Å². The Morgan fingerprint density at radius 2 is 1.72 bits per heavy atom. The molecule has 3 aromatic rings. The summed E-state index contributed by atoms with van der Waals surface area (Å²) < 4.78 is 5.63. The Morgan fingerprint density at radius 3 is 2.45 bits per heavy atom. The van der Waals surface area contributed by atoms with Gasteiger partial charge in [0.1, 0.15) is 5.75 Å². The van der Waals surface area contributed by atoms with Crippen LogP contribution in [0.4, 0.5) is 5.69 Å². The Morgan fingerprint density at radius 1 is 0.966 bits per heavy atom. The van der Waals surface area contributed by atoms with Crippen molar-refractivity contribution in [3.05, 3.63) is 107 Å². The van der Waals surface area contributed by atoms with Crippen molar-refractivity contribution in [3.63, 3.8) is 0 Å². The molecule has 3 nitrogen and oxygen atoms in total. The average Bonchev–Trinajstić information content (AvgIpc) is 3.07.